The first-order valence-corrected chi connectivity index (χ1v) is 2.36. The molecule has 6 heteroatoms. The van der Waals surface area contributed by atoms with Crippen molar-refractivity contribution in [3.63, 3.8) is 0 Å². The molecule has 0 heterocycles. The third-order valence-electron chi connectivity index (χ3n) is 0.792. The summed E-state index contributed by atoms with van der Waals surface area (Å²) in [7, 11) is 1.39. The van der Waals surface area contributed by atoms with E-state index in [0.717, 1.165) is 5.01 Å². The van der Waals surface area contributed by atoms with Crippen molar-refractivity contribution in [3.8, 4) is 0 Å². The number of aliphatic hydroxyl groups excluding tert-OH is 1. The first-order valence-electron chi connectivity index (χ1n) is 2.36. The highest BCUT2D eigenvalue weighted by Crippen LogP contribution is 1.81. The summed E-state index contributed by atoms with van der Waals surface area (Å²) >= 11 is 0. The van der Waals surface area contributed by atoms with Gasteiger partial charge < -0.3 is 15.5 Å². The molecule has 0 aromatic heterocycles. The van der Waals surface area contributed by atoms with E-state index in [1.54, 1.807) is 0 Å². The molecule has 0 radical (unpaired) electrons. The minimum atomic E-state index is -0.148. The Morgan fingerprint density at radius 3 is 2.67 bits per heavy atom. The van der Waals surface area contributed by atoms with Crippen molar-refractivity contribution < 1.29 is 15.3 Å². The summed E-state index contributed by atoms with van der Waals surface area (Å²) in [5.74, 6) is 0. The molecule has 0 aliphatic rings. The van der Waals surface area contributed by atoms with E-state index >= 15 is 0 Å². The van der Waals surface area contributed by atoms with Gasteiger partial charge in [0.25, 0.3) is 0 Å². The van der Waals surface area contributed by atoms with Crippen LogP contribution in [0.4, 0.5) is 0 Å². The number of nitrogens with zero attached hydrogens (tertiary/aromatic N) is 3. The predicted octanol–water partition coefficient (Wildman–Crippen LogP) is -0.823. The van der Waals surface area contributed by atoms with Crippen LogP contribution in [0.15, 0.2) is 5.28 Å². The molecule has 0 saturated carbocycles. The summed E-state index contributed by atoms with van der Waals surface area (Å²) < 4.78 is 0. The van der Waals surface area contributed by atoms with Gasteiger partial charge in [-0.3, -0.25) is 0 Å². The lowest BCUT2D eigenvalue weighted by molar-refractivity contribution is -0.704. The average Bonchev–Trinajstić information content (AvgIpc) is 1.87. The van der Waals surface area contributed by atoms with Crippen LogP contribution >= 0.6 is 0 Å². The van der Waals surface area contributed by atoms with E-state index in [1.807, 2.05) is 0 Å². The Morgan fingerprint density at radius 2 is 2.33 bits per heavy atom. The molecule has 0 rings (SSSR count). The molecule has 54 valence electrons. The highest BCUT2D eigenvalue weighted by molar-refractivity contribution is 4.28. The Bertz CT molecular complexity index is 104. The van der Waals surface area contributed by atoms with Gasteiger partial charge in [0.05, 0.1) is 25.2 Å². The maximum atomic E-state index is 10.2. The van der Waals surface area contributed by atoms with Crippen molar-refractivity contribution >= 4 is 0 Å². The van der Waals surface area contributed by atoms with Crippen LogP contribution in [0.2, 0.25) is 0 Å². The molecule has 0 aromatic rings. The molecule has 0 aromatic carbocycles. The quantitative estimate of drug-likeness (QED) is 0.301. The van der Waals surface area contributed by atoms with Crippen LogP contribution in [0, 0.1) is 5.21 Å². The van der Waals surface area contributed by atoms with E-state index in [-0.39, 0.29) is 18.1 Å². The first kappa shape index (κ1) is 7.96. The van der Waals surface area contributed by atoms with Gasteiger partial charge in [-0.25, -0.2) is 0 Å². The number of likely N-dealkylation sites (N-methyl/N-ethyl adjacent to an activating group) is 1. The van der Waals surface area contributed by atoms with Crippen molar-refractivity contribution in [2.45, 2.75) is 0 Å². The fourth-order valence-electron chi connectivity index (χ4n) is 0.299. The molecule has 0 aliphatic heterocycles. The minimum absolute atomic E-state index is 0.0176. The average molecular weight is 135 g/mol. The SMILES string of the molecule is CN(CCO)/[N+]([O-])=N/O. The van der Waals surface area contributed by atoms with Crippen molar-refractivity contribution in [1.29, 1.82) is 0 Å². The number of rotatable bonds is 3. The summed E-state index contributed by atoms with van der Waals surface area (Å²) in [5, 5.41) is 29.6. The molecule has 0 spiro atoms. The van der Waals surface area contributed by atoms with Crippen LogP contribution < -0.4 is 0 Å². The van der Waals surface area contributed by atoms with E-state index in [2.05, 4.69) is 5.28 Å². The van der Waals surface area contributed by atoms with E-state index < -0.39 is 0 Å². The van der Waals surface area contributed by atoms with Gasteiger partial charge in [0.15, 0.2) is 0 Å². The van der Waals surface area contributed by atoms with Gasteiger partial charge in [0.2, 0.25) is 5.28 Å². The zero-order chi connectivity index (χ0) is 7.28. The fourth-order valence-corrected chi connectivity index (χ4v) is 0.299. The highest BCUT2D eigenvalue weighted by Gasteiger charge is 2.01. The smallest absolute Gasteiger partial charge is 0.230 e. The van der Waals surface area contributed by atoms with Crippen molar-refractivity contribution in [2.75, 3.05) is 20.2 Å². The van der Waals surface area contributed by atoms with Gasteiger partial charge >= 0.3 is 0 Å². The van der Waals surface area contributed by atoms with E-state index in [0.29, 0.717) is 0 Å². The standard InChI is InChI=1S/C3H9N3O3/c1-5(2-3-7)6(9)4-8/h7-8H,2-3H2,1H3/b6-4-. The van der Waals surface area contributed by atoms with Gasteiger partial charge in [-0.2, -0.15) is 0 Å². The summed E-state index contributed by atoms with van der Waals surface area (Å²) in [6, 6.07) is 0. The second-order valence-electron chi connectivity index (χ2n) is 1.45. The van der Waals surface area contributed by atoms with Crippen molar-refractivity contribution in [1.82, 2.24) is 5.01 Å². The second-order valence-corrected chi connectivity index (χ2v) is 1.45. The Kier molecular flexibility index (Phi) is 3.45. The number of hydrazine groups is 1. The second kappa shape index (κ2) is 3.90. The van der Waals surface area contributed by atoms with E-state index in [9.17, 15) is 5.21 Å². The van der Waals surface area contributed by atoms with E-state index in [1.165, 1.54) is 7.05 Å². The summed E-state index contributed by atoms with van der Waals surface area (Å²) in [4.78, 5) is -0.0176. The number of aliphatic hydroxyl groups is 1. The number of hydrogen-bond donors (Lipinski definition) is 2. The van der Waals surface area contributed by atoms with Gasteiger partial charge in [0.1, 0.15) is 0 Å². The predicted molar refractivity (Wildman–Crippen MR) is 27.6 cm³/mol. The molecule has 6 nitrogen and oxygen atoms in total. The zero-order valence-corrected chi connectivity index (χ0v) is 5.06. The molecule has 0 saturated heterocycles. The Hall–Kier alpha value is -1.04. The monoisotopic (exact) mass is 135 g/mol. The first-order chi connectivity index (χ1) is 4.22. The summed E-state index contributed by atoms with van der Waals surface area (Å²) in [6.45, 7) is -0.00167. The number of hydrogen-bond acceptors (Lipinski definition) is 3. The Labute approximate surface area is 52.1 Å². The topological polar surface area (TPSA) is 82.1 Å². The molecule has 0 bridgehead atoms. The van der Waals surface area contributed by atoms with Gasteiger partial charge in [-0.1, -0.05) is 0 Å². The Morgan fingerprint density at radius 1 is 1.78 bits per heavy atom. The van der Waals surface area contributed by atoms with Crippen LogP contribution in [-0.4, -0.2) is 40.5 Å². The third-order valence-corrected chi connectivity index (χ3v) is 0.792. The lowest BCUT2D eigenvalue weighted by atomic mass is 10.7. The van der Waals surface area contributed by atoms with Gasteiger partial charge in [-0.15, -0.1) is 5.01 Å². The molecule has 0 aliphatic carbocycles. The molecule has 0 atom stereocenters. The molecular formula is C3H9N3O3. The van der Waals surface area contributed by atoms with Crippen LogP contribution in [0.1, 0.15) is 0 Å². The molecule has 2 N–H and O–H groups in total. The zero-order valence-electron chi connectivity index (χ0n) is 5.06. The maximum absolute atomic E-state index is 10.2. The lowest BCUT2D eigenvalue weighted by Gasteiger charge is -2.08. The lowest BCUT2D eigenvalue weighted by Crippen LogP contribution is -2.28. The fraction of sp³-hybridized carbons (Fsp3) is 1.00. The summed E-state index contributed by atoms with van der Waals surface area (Å²) in [5.41, 5.74) is 0. The van der Waals surface area contributed by atoms with Crippen molar-refractivity contribution in [2.24, 2.45) is 5.28 Å². The van der Waals surface area contributed by atoms with E-state index in [4.69, 9.17) is 10.3 Å². The van der Waals surface area contributed by atoms with Crippen LogP contribution in [0.25, 0.3) is 0 Å². The van der Waals surface area contributed by atoms with Crippen molar-refractivity contribution in [3.05, 3.63) is 5.21 Å². The molecular weight excluding hydrogens is 126 g/mol. The normalized spacial score (nSPS) is 11.6. The van der Waals surface area contributed by atoms with Crippen LogP contribution in [0.5, 0.6) is 0 Å². The summed E-state index contributed by atoms with van der Waals surface area (Å²) in [6.07, 6.45) is 0. The minimum Gasteiger partial charge on any atom is -0.569 e. The van der Waals surface area contributed by atoms with Gasteiger partial charge in [-0.05, 0) is 0 Å². The Balaban J connectivity index is 3.59. The molecule has 0 fully saturated rings. The molecule has 0 unspecified atom stereocenters. The van der Waals surface area contributed by atoms with Gasteiger partial charge in [0, 0.05) is 0 Å². The maximum Gasteiger partial charge on any atom is 0.230 e. The van der Waals surface area contributed by atoms with Crippen LogP contribution in [-0.2, 0) is 0 Å². The third kappa shape index (κ3) is 2.70. The largest absolute Gasteiger partial charge is 0.569 e. The molecule has 0 amide bonds. The molecule has 9 heavy (non-hydrogen) atoms. The highest BCUT2D eigenvalue weighted by atomic mass is 16.6. The van der Waals surface area contributed by atoms with Crippen LogP contribution in [0.3, 0.4) is 0 Å².